The van der Waals surface area contributed by atoms with E-state index in [-0.39, 0.29) is 18.1 Å². The number of rotatable bonds is 3. The summed E-state index contributed by atoms with van der Waals surface area (Å²) in [6, 6.07) is 10.4. The van der Waals surface area contributed by atoms with Crippen LogP contribution in [0, 0.1) is 0 Å². The standard InChI is InChI=1S/C17H24N2O2/c20-16-13-21-17(8-4-10-18-11-9-17)14-19(16)12-7-15-5-2-1-3-6-15/h1-3,5-6,18H,4,7-14H2. The highest BCUT2D eigenvalue weighted by molar-refractivity contribution is 5.78. The third kappa shape index (κ3) is 3.63. The molecule has 114 valence electrons. The van der Waals surface area contributed by atoms with Crippen molar-refractivity contribution in [1.82, 2.24) is 10.2 Å². The first kappa shape index (κ1) is 14.5. The summed E-state index contributed by atoms with van der Waals surface area (Å²) < 4.78 is 5.95. The van der Waals surface area contributed by atoms with E-state index in [1.807, 2.05) is 11.0 Å². The molecule has 0 bridgehead atoms. The lowest BCUT2D eigenvalue weighted by molar-refractivity contribution is -0.165. The van der Waals surface area contributed by atoms with Gasteiger partial charge in [-0.15, -0.1) is 0 Å². The summed E-state index contributed by atoms with van der Waals surface area (Å²) in [6.07, 6.45) is 4.10. The topological polar surface area (TPSA) is 41.6 Å². The number of ether oxygens (including phenoxy) is 1. The van der Waals surface area contributed by atoms with Gasteiger partial charge in [-0.1, -0.05) is 30.3 Å². The van der Waals surface area contributed by atoms with Crippen LogP contribution in [0.4, 0.5) is 0 Å². The Labute approximate surface area is 126 Å². The first-order chi connectivity index (χ1) is 10.3. The van der Waals surface area contributed by atoms with Gasteiger partial charge in [-0.25, -0.2) is 0 Å². The van der Waals surface area contributed by atoms with Gasteiger partial charge in [0, 0.05) is 13.1 Å². The smallest absolute Gasteiger partial charge is 0.248 e. The lowest BCUT2D eigenvalue weighted by atomic mass is 9.92. The quantitative estimate of drug-likeness (QED) is 0.918. The Kier molecular flexibility index (Phi) is 4.56. The molecule has 1 aromatic rings. The lowest BCUT2D eigenvalue weighted by Gasteiger charge is -2.42. The number of nitrogens with one attached hydrogen (secondary N) is 1. The zero-order valence-electron chi connectivity index (χ0n) is 12.5. The van der Waals surface area contributed by atoms with Gasteiger partial charge in [-0.2, -0.15) is 0 Å². The van der Waals surface area contributed by atoms with E-state index in [1.54, 1.807) is 0 Å². The Hall–Kier alpha value is -1.39. The van der Waals surface area contributed by atoms with E-state index < -0.39 is 0 Å². The van der Waals surface area contributed by atoms with Crippen molar-refractivity contribution in [3.63, 3.8) is 0 Å². The molecule has 2 fully saturated rings. The Morgan fingerprint density at radius 2 is 2.05 bits per heavy atom. The highest BCUT2D eigenvalue weighted by Crippen LogP contribution is 2.28. The molecule has 1 spiro atoms. The van der Waals surface area contributed by atoms with Gasteiger partial charge in [-0.3, -0.25) is 4.79 Å². The Morgan fingerprint density at radius 1 is 1.19 bits per heavy atom. The Balaban J connectivity index is 1.62. The fourth-order valence-corrected chi connectivity index (χ4v) is 3.30. The predicted octanol–water partition coefficient (Wildman–Crippen LogP) is 1.60. The van der Waals surface area contributed by atoms with E-state index in [0.29, 0.717) is 0 Å². The molecule has 0 saturated carbocycles. The molecule has 21 heavy (non-hydrogen) atoms. The summed E-state index contributed by atoms with van der Waals surface area (Å²) in [6.45, 7) is 3.83. The van der Waals surface area contributed by atoms with Crippen molar-refractivity contribution in [2.75, 3.05) is 32.8 Å². The molecule has 2 heterocycles. The fraction of sp³-hybridized carbons (Fsp3) is 0.588. The molecule has 2 aliphatic rings. The zero-order chi connectivity index (χ0) is 14.5. The largest absolute Gasteiger partial charge is 0.363 e. The number of hydrogen-bond acceptors (Lipinski definition) is 3. The maximum atomic E-state index is 12.1. The second-order valence-corrected chi connectivity index (χ2v) is 6.13. The van der Waals surface area contributed by atoms with Crippen LogP contribution in [0.3, 0.4) is 0 Å². The predicted molar refractivity (Wildman–Crippen MR) is 82.1 cm³/mol. The molecule has 1 amide bonds. The third-order valence-electron chi connectivity index (χ3n) is 4.59. The third-order valence-corrected chi connectivity index (χ3v) is 4.59. The van der Waals surface area contributed by atoms with E-state index in [0.717, 1.165) is 51.9 Å². The summed E-state index contributed by atoms with van der Waals surface area (Å²) in [7, 11) is 0. The molecule has 1 aromatic carbocycles. The van der Waals surface area contributed by atoms with Gasteiger partial charge in [0.05, 0.1) is 5.60 Å². The summed E-state index contributed by atoms with van der Waals surface area (Å²) in [5.41, 5.74) is 1.17. The highest BCUT2D eigenvalue weighted by atomic mass is 16.5. The molecule has 1 N–H and O–H groups in total. The molecule has 0 aliphatic carbocycles. The molecule has 2 aliphatic heterocycles. The summed E-state index contributed by atoms with van der Waals surface area (Å²) in [5.74, 6) is 0.133. The van der Waals surface area contributed by atoms with Gasteiger partial charge in [0.2, 0.25) is 5.91 Å². The molecule has 4 heteroatoms. The Morgan fingerprint density at radius 3 is 2.90 bits per heavy atom. The van der Waals surface area contributed by atoms with Gasteiger partial charge in [0.25, 0.3) is 0 Å². The number of nitrogens with zero attached hydrogens (tertiary/aromatic N) is 1. The van der Waals surface area contributed by atoms with Gasteiger partial charge in [-0.05, 0) is 44.3 Å². The van der Waals surface area contributed by atoms with E-state index in [1.165, 1.54) is 5.56 Å². The maximum Gasteiger partial charge on any atom is 0.248 e. The van der Waals surface area contributed by atoms with Gasteiger partial charge in [0.15, 0.2) is 0 Å². The van der Waals surface area contributed by atoms with E-state index in [9.17, 15) is 4.79 Å². The number of benzene rings is 1. The summed E-state index contributed by atoms with van der Waals surface area (Å²) in [4.78, 5) is 14.1. The minimum absolute atomic E-state index is 0.117. The molecule has 3 rings (SSSR count). The van der Waals surface area contributed by atoms with Gasteiger partial charge in [0.1, 0.15) is 6.61 Å². The number of hydrogen-bond donors (Lipinski definition) is 1. The first-order valence-corrected chi connectivity index (χ1v) is 7.94. The molecule has 2 saturated heterocycles. The van der Waals surface area contributed by atoms with Crippen LogP contribution < -0.4 is 5.32 Å². The minimum Gasteiger partial charge on any atom is -0.363 e. The normalized spacial score (nSPS) is 26.9. The first-order valence-electron chi connectivity index (χ1n) is 7.94. The van der Waals surface area contributed by atoms with Crippen molar-refractivity contribution in [3.8, 4) is 0 Å². The average molecular weight is 288 g/mol. The van der Waals surface area contributed by atoms with E-state index >= 15 is 0 Å². The highest BCUT2D eigenvalue weighted by Gasteiger charge is 2.39. The van der Waals surface area contributed by atoms with Crippen LogP contribution in [-0.4, -0.2) is 49.2 Å². The van der Waals surface area contributed by atoms with Crippen molar-refractivity contribution in [1.29, 1.82) is 0 Å². The lowest BCUT2D eigenvalue weighted by Crippen LogP contribution is -2.55. The van der Waals surface area contributed by atoms with Crippen molar-refractivity contribution in [2.45, 2.75) is 31.3 Å². The Bertz CT molecular complexity index is 467. The van der Waals surface area contributed by atoms with Crippen LogP contribution in [-0.2, 0) is 16.0 Å². The summed E-state index contributed by atoms with van der Waals surface area (Å²) in [5, 5.41) is 3.42. The van der Waals surface area contributed by atoms with Gasteiger partial charge >= 0.3 is 0 Å². The molecule has 0 radical (unpaired) electrons. The molecular weight excluding hydrogens is 264 g/mol. The number of morpholine rings is 1. The van der Waals surface area contributed by atoms with Crippen molar-refractivity contribution >= 4 is 5.91 Å². The van der Waals surface area contributed by atoms with Gasteiger partial charge < -0.3 is 15.0 Å². The van der Waals surface area contributed by atoms with Crippen LogP contribution in [0.5, 0.6) is 0 Å². The van der Waals surface area contributed by atoms with Crippen molar-refractivity contribution in [3.05, 3.63) is 35.9 Å². The SMILES string of the molecule is O=C1COC2(CCCNCC2)CN1CCc1ccccc1. The van der Waals surface area contributed by atoms with Crippen LogP contribution in [0.25, 0.3) is 0 Å². The molecule has 1 unspecified atom stereocenters. The van der Waals surface area contributed by atoms with Crippen LogP contribution in [0.1, 0.15) is 24.8 Å². The monoisotopic (exact) mass is 288 g/mol. The average Bonchev–Trinajstić information content (AvgIpc) is 2.75. The summed E-state index contributed by atoms with van der Waals surface area (Å²) >= 11 is 0. The second kappa shape index (κ2) is 6.58. The number of carbonyl (C=O) groups is 1. The molecule has 0 aromatic heterocycles. The van der Waals surface area contributed by atoms with Crippen LogP contribution in [0.2, 0.25) is 0 Å². The van der Waals surface area contributed by atoms with Crippen LogP contribution >= 0.6 is 0 Å². The van der Waals surface area contributed by atoms with E-state index in [2.05, 4.69) is 29.6 Å². The van der Waals surface area contributed by atoms with Crippen molar-refractivity contribution in [2.24, 2.45) is 0 Å². The number of amides is 1. The zero-order valence-corrected chi connectivity index (χ0v) is 12.5. The number of carbonyl (C=O) groups excluding carboxylic acids is 1. The van der Waals surface area contributed by atoms with Crippen molar-refractivity contribution < 1.29 is 9.53 Å². The maximum absolute atomic E-state index is 12.1. The van der Waals surface area contributed by atoms with Crippen LogP contribution in [0.15, 0.2) is 30.3 Å². The molecule has 4 nitrogen and oxygen atoms in total. The molecular formula is C17H24N2O2. The fourth-order valence-electron chi connectivity index (χ4n) is 3.30. The van der Waals surface area contributed by atoms with E-state index in [4.69, 9.17) is 4.74 Å². The minimum atomic E-state index is -0.117. The second-order valence-electron chi connectivity index (χ2n) is 6.13. The molecule has 1 atom stereocenters.